The lowest BCUT2D eigenvalue weighted by Gasteiger charge is -2.12. The molecule has 108 valence electrons. The number of aryl methyl sites for hydroxylation is 1. The highest BCUT2D eigenvalue weighted by Crippen LogP contribution is 2.29. The molecule has 3 aromatic rings. The van der Waals surface area contributed by atoms with Gasteiger partial charge in [0.2, 0.25) is 0 Å². The van der Waals surface area contributed by atoms with Gasteiger partial charge >= 0.3 is 0 Å². The van der Waals surface area contributed by atoms with E-state index in [9.17, 15) is 4.79 Å². The van der Waals surface area contributed by atoms with Crippen LogP contribution >= 0.6 is 0 Å². The lowest BCUT2D eigenvalue weighted by atomic mass is 10.0. The molecule has 22 heavy (non-hydrogen) atoms. The minimum Gasteiger partial charge on any atom is -0.321 e. The van der Waals surface area contributed by atoms with Crippen molar-refractivity contribution in [2.24, 2.45) is 0 Å². The first kappa shape index (κ1) is 14.1. The Bertz CT molecular complexity index is 779. The predicted octanol–water partition coefficient (Wildman–Crippen LogP) is 4.91. The van der Waals surface area contributed by atoms with Gasteiger partial charge in [0.15, 0.2) is 0 Å². The van der Waals surface area contributed by atoms with Gasteiger partial charge in [0.1, 0.15) is 0 Å². The maximum atomic E-state index is 12.4. The van der Waals surface area contributed by atoms with E-state index in [1.807, 2.05) is 79.7 Å². The molecular formula is C20H17NO. The summed E-state index contributed by atoms with van der Waals surface area (Å²) in [6.07, 6.45) is 0. The first-order valence-electron chi connectivity index (χ1n) is 7.26. The summed E-state index contributed by atoms with van der Waals surface area (Å²) < 4.78 is 0. The number of carbonyl (C=O) groups excluding carboxylic acids is 1. The third-order valence-electron chi connectivity index (χ3n) is 3.54. The van der Waals surface area contributed by atoms with Crippen molar-refractivity contribution >= 4 is 11.6 Å². The molecule has 0 radical (unpaired) electrons. The number of rotatable bonds is 3. The van der Waals surface area contributed by atoms with Crippen LogP contribution in [-0.4, -0.2) is 5.91 Å². The molecule has 3 rings (SSSR count). The zero-order valence-electron chi connectivity index (χ0n) is 12.4. The predicted molar refractivity (Wildman–Crippen MR) is 91.0 cm³/mol. The third kappa shape index (κ3) is 3.07. The second-order valence-electron chi connectivity index (χ2n) is 5.24. The lowest BCUT2D eigenvalue weighted by Crippen LogP contribution is -2.12. The van der Waals surface area contributed by atoms with E-state index >= 15 is 0 Å². The molecule has 0 atom stereocenters. The average molecular weight is 287 g/mol. The SMILES string of the molecule is Cc1ccc(-c2ccccc2)c(NC(=O)c2ccccc2)c1. The van der Waals surface area contributed by atoms with Crippen molar-refractivity contribution in [2.75, 3.05) is 5.32 Å². The normalized spacial score (nSPS) is 10.2. The van der Waals surface area contributed by atoms with Gasteiger partial charge in [-0.2, -0.15) is 0 Å². The summed E-state index contributed by atoms with van der Waals surface area (Å²) in [5.74, 6) is -0.0941. The molecule has 0 spiro atoms. The molecule has 0 unspecified atom stereocenters. The van der Waals surface area contributed by atoms with Crippen molar-refractivity contribution in [2.45, 2.75) is 6.92 Å². The highest BCUT2D eigenvalue weighted by atomic mass is 16.1. The van der Waals surface area contributed by atoms with E-state index < -0.39 is 0 Å². The molecule has 0 aliphatic rings. The van der Waals surface area contributed by atoms with Crippen molar-refractivity contribution < 1.29 is 4.79 Å². The van der Waals surface area contributed by atoms with Gasteiger partial charge in [0.05, 0.1) is 0 Å². The molecule has 1 N–H and O–H groups in total. The summed E-state index contributed by atoms with van der Waals surface area (Å²) in [4.78, 5) is 12.4. The van der Waals surface area contributed by atoms with Crippen LogP contribution < -0.4 is 5.32 Å². The summed E-state index contributed by atoms with van der Waals surface area (Å²) in [5, 5.41) is 3.03. The molecule has 1 amide bonds. The Balaban J connectivity index is 1.97. The van der Waals surface area contributed by atoms with Crippen LogP contribution in [0.3, 0.4) is 0 Å². The molecule has 2 heteroatoms. The molecular weight excluding hydrogens is 270 g/mol. The first-order chi connectivity index (χ1) is 10.7. The van der Waals surface area contributed by atoms with Crippen LogP contribution in [0.1, 0.15) is 15.9 Å². The van der Waals surface area contributed by atoms with Crippen molar-refractivity contribution in [3.8, 4) is 11.1 Å². The first-order valence-corrected chi connectivity index (χ1v) is 7.26. The fourth-order valence-corrected chi connectivity index (χ4v) is 2.41. The highest BCUT2D eigenvalue weighted by Gasteiger charge is 2.10. The summed E-state index contributed by atoms with van der Waals surface area (Å²) in [6.45, 7) is 2.02. The van der Waals surface area contributed by atoms with Crippen LogP contribution in [0.4, 0.5) is 5.69 Å². The van der Waals surface area contributed by atoms with Crippen LogP contribution in [0, 0.1) is 6.92 Å². The van der Waals surface area contributed by atoms with Crippen molar-refractivity contribution in [1.29, 1.82) is 0 Å². The average Bonchev–Trinajstić information content (AvgIpc) is 2.56. The Morgan fingerprint density at radius 3 is 2.14 bits per heavy atom. The monoisotopic (exact) mass is 287 g/mol. The fraction of sp³-hybridized carbons (Fsp3) is 0.0500. The van der Waals surface area contributed by atoms with Gasteiger partial charge < -0.3 is 5.32 Å². The van der Waals surface area contributed by atoms with Crippen LogP contribution in [0.25, 0.3) is 11.1 Å². The van der Waals surface area contributed by atoms with Gasteiger partial charge in [-0.3, -0.25) is 4.79 Å². The third-order valence-corrected chi connectivity index (χ3v) is 3.54. The Hall–Kier alpha value is -2.87. The van der Waals surface area contributed by atoms with Gasteiger partial charge in [-0.05, 0) is 36.2 Å². The van der Waals surface area contributed by atoms with E-state index in [0.29, 0.717) is 5.56 Å². The van der Waals surface area contributed by atoms with E-state index in [-0.39, 0.29) is 5.91 Å². The zero-order chi connectivity index (χ0) is 15.4. The number of anilines is 1. The Kier molecular flexibility index (Phi) is 4.01. The summed E-state index contributed by atoms with van der Waals surface area (Å²) in [7, 11) is 0. The molecule has 0 saturated heterocycles. The summed E-state index contributed by atoms with van der Waals surface area (Å²) in [6, 6.07) is 25.4. The van der Waals surface area contributed by atoms with Crippen molar-refractivity contribution in [1.82, 2.24) is 0 Å². The van der Waals surface area contributed by atoms with Crippen molar-refractivity contribution in [3.63, 3.8) is 0 Å². The molecule has 0 aliphatic carbocycles. The second-order valence-corrected chi connectivity index (χ2v) is 5.24. The highest BCUT2D eigenvalue weighted by molar-refractivity contribution is 6.06. The summed E-state index contributed by atoms with van der Waals surface area (Å²) >= 11 is 0. The van der Waals surface area contributed by atoms with E-state index in [1.54, 1.807) is 0 Å². The van der Waals surface area contributed by atoms with E-state index in [2.05, 4.69) is 11.4 Å². The maximum Gasteiger partial charge on any atom is 0.255 e. The smallest absolute Gasteiger partial charge is 0.255 e. The molecule has 0 aromatic heterocycles. The molecule has 0 aliphatic heterocycles. The number of hydrogen-bond donors (Lipinski definition) is 1. The summed E-state index contributed by atoms with van der Waals surface area (Å²) in [5.41, 5.74) is 4.72. The van der Waals surface area contributed by atoms with E-state index in [4.69, 9.17) is 0 Å². The molecule has 0 bridgehead atoms. The van der Waals surface area contributed by atoms with Gasteiger partial charge in [-0.1, -0.05) is 60.7 Å². The number of amides is 1. The number of nitrogens with one attached hydrogen (secondary N) is 1. The van der Waals surface area contributed by atoms with E-state index in [1.165, 1.54) is 0 Å². The fourth-order valence-electron chi connectivity index (χ4n) is 2.41. The Morgan fingerprint density at radius 2 is 1.45 bits per heavy atom. The number of hydrogen-bond acceptors (Lipinski definition) is 1. The minimum atomic E-state index is -0.0941. The quantitative estimate of drug-likeness (QED) is 0.728. The Morgan fingerprint density at radius 1 is 0.818 bits per heavy atom. The number of benzene rings is 3. The standard InChI is InChI=1S/C20H17NO/c1-15-12-13-18(16-8-4-2-5-9-16)19(14-15)21-20(22)17-10-6-3-7-11-17/h2-14H,1H3,(H,21,22). The molecule has 0 fully saturated rings. The largest absolute Gasteiger partial charge is 0.321 e. The molecule has 3 aromatic carbocycles. The van der Waals surface area contributed by atoms with E-state index in [0.717, 1.165) is 22.4 Å². The van der Waals surface area contributed by atoms with Crippen LogP contribution in [0.2, 0.25) is 0 Å². The second kappa shape index (κ2) is 6.27. The number of carbonyl (C=O) groups is 1. The van der Waals surface area contributed by atoms with Crippen LogP contribution in [0.5, 0.6) is 0 Å². The van der Waals surface area contributed by atoms with Crippen LogP contribution in [0.15, 0.2) is 78.9 Å². The van der Waals surface area contributed by atoms with Crippen molar-refractivity contribution in [3.05, 3.63) is 90.0 Å². The molecule has 0 saturated carbocycles. The van der Waals surface area contributed by atoms with Gasteiger partial charge in [0, 0.05) is 16.8 Å². The maximum absolute atomic E-state index is 12.4. The zero-order valence-corrected chi connectivity index (χ0v) is 12.4. The topological polar surface area (TPSA) is 29.1 Å². The lowest BCUT2D eigenvalue weighted by molar-refractivity contribution is 0.102. The Labute approximate surface area is 130 Å². The minimum absolute atomic E-state index is 0.0941. The van der Waals surface area contributed by atoms with Crippen LogP contribution in [-0.2, 0) is 0 Å². The molecule has 0 heterocycles. The van der Waals surface area contributed by atoms with Gasteiger partial charge in [-0.15, -0.1) is 0 Å². The molecule has 2 nitrogen and oxygen atoms in total. The van der Waals surface area contributed by atoms with Gasteiger partial charge in [-0.25, -0.2) is 0 Å². The van der Waals surface area contributed by atoms with Gasteiger partial charge in [0.25, 0.3) is 5.91 Å².